The highest BCUT2D eigenvalue weighted by Gasteiger charge is 2.36. The van der Waals surface area contributed by atoms with E-state index in [1.165, 1.54) is 12.8 Å². The second kappa shape index (κ2) is 9.39. The molecule has 31 heavy (non-hydrogen) atoms. The molecule has 1 aliphatic carbocycles. The van der Waals surface area contributed by atoms with Gasteiger partial charge in [0, 0.05) is 31.3 Å². The molecule has 164 valence electrons. The summed E-state index contributed by atoms with van der Waals surface area (Å²) in [5, 5.41) is 2.95. The molecule has 2 fully saturated rings. The predicted octanol–water partition coefficient (Wildman–Crippen LogP) is 3.62. The molecule has 1 heterocycles. The van der Waals surface area contributed by atoms with Gasteiger partial charge in [-0.05, 0) is 48.6 Å². The van der Waals surface area contributed by atoms with E-state index in [4.69, 9.17) is 14.2 Å². The van der Waals surface area contributed by atoms with Crippen LogP contribution in [0.15, 0.2) is 42.5 Å². The monoisotopic (exact) mass is 424 g/mol. The molecule has 0 bridgehead atoms. The Hall–Kier alpha value is -3.06. The van der Waals surface area contributed by atoms with Crippen LogP contribution >= 0.6 is 0 Å². The van der Waals surface area contributed by atoms with Crippen molar-refractivity contribution in [2.75, 3.05) is 37.6 Å². The van der Waals surface area contributed by atoms with Gasteiger partial charge < -0.3 is 24.4 Å². The van der Waals surface area contributed by atoms with E-state index in [2.05, 4.69) is 5.32 Å². The molecule has 1 saturated heterocycles. The van der Waals surface area contributed by atoms with Gasteiger partial charge in [-0.25, -0.2) is 0 Å². The van der Waals surface area contributed by atoms with Crippen molar-refractivity contribution in [1.29, 1.82) is 0 Å². The standard InChI is InChI=1S/C24H28N2O5/c1-29-20-8-9-22(30-2)21(12-20)26-13-18(11-23(26)27)24(28)25-19-5-3-4-17(10-19)15-31-14-16-6-7-16/h3-5,8-10,12,16,18H,6-7,11,13-15H2,1-2H3,(H,25,28). The zero-order valence-corrected chi connectivity index (χ0v) is 17.9. The Morgan fingerprint density at radius 3 is 2.71 bits per heavy atom. The summed E-state index contributed by atoms with van der Waals surface area (Å²) in [6, 6.07) is 12.9. The highest BCUT2D eigenvalue weighted by Crippen LogP contribution is 2.36. The fraction of sp³-hybridized carbons (Fsp3) is 0.417. The maximum absolute atomic E-state index is 12.9. The molecular formula is C24H28N2O5. The van der Waals surface area contributed by atoms with Crippen LogP contribution in [0.3, 0.4) is 0 Å². The highest BCUT2D eigenvalue weighted by atomic mass is 16.5. The quantitative estimate of drug-likeness (QED) is 0.665. The number of ether oxygens (including phenoxy) is 3. The number of carbonyl (C=O) groups is 2. The Bertz CT molecular complexity index is 957. The van der Waals surface area contributed by atoms with Crippen molar-refractivity contribution >= 4 is 23.2 Å². The van der Waals surface area contributed by atoms with Crippen molar-refractivity contribution in [3.63, 3.8) is 0 Å². The van der Waals surface area contributed by atoms with E-state index in [1.807, 2.05) is 24.3 Å². The van der Waals surface area contributed by atoms with Crippen molar-refractivity contribution in [3.05, 3.63) is 48.0 Å². The highest BCUT2D eigenvalue weighted by molar-refractivity contribution is 6.04. The average molecular weight is 424 g/mol. The molecule has 0 radical (unpaired) electrons. The van der Waals surface area contributed by atoms with Crippen molar-refractivity contribution in [2.45, 2.75) is 25.9 Å². The van der Waals surface area contributed by atoms with Gasteiger partial charge in [0.15, 0.2) is 0 Å². The molecule has 0 aromatic heterocycles. The third-order valence-corrected chi connectivity index (χ3v) is 5.69. The molecule has 7 heteroatoms. The third kappa shape index (κ3) is 5.17. The first-order chi connectivity index (χ1) is 15.1. The molecule has 2 aliphatic rings. The summed E-state index contributed by atoms with van der Waals surface area (Å²) in [6.45, 7) is 1.62. The molecule has 1 atom stereocenters. The fourth-order valence-corrected chi connectivity index (χ4v) is 3.73. The zero-order chi connectivity index (χ0) is 21.8. The van der Waals surface area contributed by atoms with E-state index < -0.39 is 5.92 Å². The topological polar surface area (TPSA) is 77.1 Å². The first-order valence-corrected chi connectivity index (χ1v) is 10.6. The van der Waals surface area contributed by atoms with Gasteiger partial charge in [0.1, 0.15) is 11.5 Å². The van der Waals surface area contributed by atoms with E-state index in [9.17, 15) is 9.59 Å². The summed E-state index contributed by atoms with van der Waals surface area (Å²) < 4.78 is 16.4. The Balaban J connectivity index is 1.39. The van der Waals surface area contributed by atoms with E-state index in [0.29, 0.717) is 41.9 Å². The molecule has 7 nitrogen and oxygen atoms in total. The second-order valence-corrected chi connectivity index (χ2v) is 8.09. The van der Waals surface area contributed by atoms with Crippen LogP contribution in [-0.2, 0) is 20.9 Å². The van der Waals surface area contributed by atoms with Crippen LogP contribution in [0, 0.1) is 11.8 Å². The fourth-order valence-electron chi connectivity index (χ4n) is 3.73. The Morgan fingerprint density at radius 1 is 1.13 bits per heavy atom. The van der Waals surface area contributed by atoms with Gasteiger partial charge in [0.25, 0.3) is 0 Å². The number of nitrogens with one attached hydrogen (secondary N) is 1. The van der Waals surface area contributed by atoms with Gasteiger partial charge in [-0.1, -0.05) is 12.1 Å². The molecule has 0 spiro atoms. The first kappa shape index (κ1) is 21.2. The number of carbonyl (C=O) groups excluding carboxylic acids is 2. The summed E-state index contributed by atoms with van der Waals surface area (Å²) in [5.74, 6) is 1.17. The predicted molar refractivity (Wildman–Crippen MR) is 117 cm³/mol. The summed E-state index contributed by atoms with van der Waals surface area (Å²) in [6.07, 6.45) is 2.67. The van der Waals surface area contributed by atoms with Crippen molar-refractivity contribution in [1.82, 2.24) is 0 Å². The van der Waals surface area contributed by atoms with Gasteiger partial charge in [0.2, 0.25) is 11.8 Å². The summed E-state index contributed by atoms with van der Waals surface area (Å²) in [4.78, 5) is 27.1. The largest absolute Gasteiger partial charge is 0.497 e. The van der Waals surface area contributed by atoms with Crippen LogP contribution in [0.2, 0.25) is 0 Å². The second-order valence-electron chi connectivity index (χ2n) is 8.09. The lowest BCUT2D eigenvalue weighted by molar-refractivity contribution is -0.122. The molecule has 1 aliphatic heterocycles. The van der Waals surface area contributed by atoms with Crippen LogP contribution in [0.25, 0.3) is 0 Å². The lowest BCUT2D eigenvalue weighted by Gasteiger charge is -2.20. The Labute approximate surface area is 182 Å². The Morgan fingerprint density at radius 2 is 1.97 bits per heavy atom. The van der Waals surface area contributed by atoms with Crippen molar-refractivity contribution in [3.8, 4) is 11.5 Å². The molecule has 4 rings (SSSR count). The molecule has 2 amide bonds. The maximum Gasteiger partial charge on any atom is 0.229 e. The van der Waals surface area contributed by atoms with E-state index in [0.717, 1.165) is 12.2 Å². The molecular weight excluding hydrogens is 396 g/mol. The average Bonchev–Trinajstić information content (AvgIpc) is 3.52. The minimum atomic E-state index is -0.446. The lowest BCUT2D eigenvalue weighted by atomic mass is 10.1. The lowest BCUT2D eigenvalue weighted by Crippen LogP contribution is -2.28. The van der Waals surface area contributed by atoms with Crippen LogP contribution in [0.1, 0.15) is 24.8 Å². The SMILES string of the molecule is COc1ccc(OC)c(N2CC(C(=O)Nc3cccc(COCC4CC4)c3)CC2=O)c1. The number of methoxy groups -OCH3 is 2. The van der Waals surface area contributed by atoms with Gasteiger partial charge >= 0.3 is 0 Å². The van der Waals surface area contributed by atoms with E-state index in [1.54, 1.807) is 37.3 Å². The van der Waals surface area contributed by atoms with Gasteiger partial charge in [-0.3, -0.25) is 9.59 Å². The van der Waals surface area contributed by atoms with E-state index in [-0.39, 0.29) is 18.2 Å². The van der Waals surface area contributed by atoms with E-state index >= 15 is 0 Å². The number of benzene rings is 2. The molecule has 1 N–H and O–H groups in total. The number of hydrogen-bond donors (Lipinski definition) is 1. The molecule has 2 aromatic rings. The van der Waals surface area contributed by atoms with Crippen LogP contribution < -0.4 is 19.7 Å². The molecule has 1 saturated carbocycles. The maximum atomic E-state index is 12.9. The van der Waals surface area contributed by atoms with Gasteiger partial charge in [-0.2, -0.15) is 0 Å². The number of rotatable bonds is 9. The summed E-state index contributed by atoms with van der Waals surface area (Å²) >= 11 is 0. The summed E-state index contributed by atoms with van der Waals surface area (Å²) in [5.41, 5.74) is 2.34. The normalized spacial score (nSPS) is 18.2. The first-order valence-electron chi connectivity index (χ1n) is 10.6. The van der Waals surface area contributed by atoms with Gasteiger partial charge in [-0.15, -0.1) is 0 Å². The van der Waals surface area contributed by atoms with Crippen molar-refractivity contribution in [2.24, 2.45) is 11.8 Å². The number of hydrogen-bond acceptors (Lipinski definition) is 5. The van der Waals surface area contributed by atoms with Crippen molar-refractivity contribution < 1.29 is 23.8 Å². The number of anilines is 2. The Kier molecular flexibility index (Phi) is 6.42. The number of nitrogens with zero attached hydrogens (tertiary/aromatic N) is 1. The third-order valence-electron chi connectivity index (χ3n) is 5.69. The van der Waals surface area contributed by atoms with Crippen LogP contribution in [0.4, 0.5) is 11.4 Å². The minimum absolute atomic E-state index is 0.117. The van der Waals surface area contributed by atoms with Crippen LogP contribution in [0.5, 0.6) is 11.5 Å². The molecule has 2 aromatic carbocycles. The zero-order valence-electron chi connectivity index (χ0n) is 17.9. The number of amides is 2. The van der Waals surface area contributed by atoms with Crippen LogP contribution in [-0.4, -0.2) is 39.2 Å². The summed E-state index contributed by atoms with van der Waals surface area (Å²) in [7, 11) is 3.12. The molecule has 1 unspecified atom stereocenters. The smallest absolute Gasteiger partial charge is 0.229 e. The minimum Gasteiger partial charge on any atom is -0.497 e. The van der Waals surface area contributed by atoms with Gasteiger partial charge in [0.05, 0.1) is 32.4 Å².